The molecule has 4 rings (SSSR count). The number of allylic oxidation sites excluding steroid dienone is 1. The maximum absolute atomic E-state index is 13.5. The number of carboxylic acids is 1. The standard InChI is InChI=1S/C29H26ClN5O5/c30-21-8-11-23(20(14-31)15-32)24(13-21)34-16-27(37)35(17-26(34)36)25(12-18-4-2-1-3-5-18)28(38)33-22-9-6-19(7-10-22)29(39)40/h1-11,13-15,25,31H,12,16-17,32H2,(H,33,38)(H,39,40). The third kappa shape index (κ3) is 6.19. The number of piperazine rings is 1. The maximum Gasteiger partial charge on any atom is 0.335 e. The molecule has 0 saturated carbocycles. The van der Waals surface area contributed by atoms with Crippen molar-refractivity contribution >= 4 is 58.5 Å². The van der Waals surface area contributed by atoms with E-state index >= 15 is 0 Å². The fourth-order valence-corrected chi connectivity index (χ4v) is 4.59. The minimum Gasteiger partial charge on any atom is -0.478 e. The molecule has 1 aliphatic heterocycles. The van der Waals surface area contributed by atoms with Gasteiger partial charge in [-0.25, -0.2) is 4.79 Å². The molecule has 1 heterocycles. The molecule has 1 saturated heterocycles. The van der Waals surface area contributed by atoms with E-state index in [9.17, 15) is 19.2 Å². The van der Waals surface area contributed by atoms with E-state index in [1.807, 2.05) is 30.3 Å². The number of amides is 3. The second-order valence-corrected chi connectivity index (χ2v) is 9.44. The van der Waals surface area contributed by atoms with E-state index in [1.165, 1.54) is 46.3 Å². The zero-order valence-electron chi connectivity index (χ0n) is 21.2. The Labute approximate surface area is 235 Å². The number of nitrogens with one attached hydrogen (secondary N) is 2. The van der Waals surface area contributed by atoms with Gasteiger partial charge in [0.2, 0.25) is 17.7 Å². The number of nitrogens with zero attached hydrogens (tertiary/aromatic N) is 2. The van der Waals surface area contributed by atoms with E-state index in [2.05, 4.69) is 5.32 Å². The number of aromatic carboxylic acids is 1. The molecular weight excluding hydrogens is 534 g/mol. The summed E-state index contributed by atoms with van der Waals surface area (Å²) in [6.07, 6.45) is 2.42. The van der Waals surface area contributed by atoms with Crippen LogP contribution in [-0.2, 0) is 20.8 Å². The molecule has 204 valence electrons. The van der Waals surface area contributed by atoms with Gasteiger partial charge in [-0.1, -0.05) is 48.0 Å². The van der Waals surface area contributed by atoms with Gasteiger partial charge in [0.25, 0.3) is 0 Å². The van der Waals surface area contributed by atoms with Gasteiger partial charge in [-0.3, -0.25) is 14.4 Å². The Morgan fingerprint density at radius 2 is 1.73 bits per heavy atom. The molecule has 0 aliphatic carbocycles. The summed E-state index contributed by atoms with van der Waals surface area (Å²) in [5.74, 6) is -2.53. The van der Waals surface area contributed by atoms with E-state index in [4.69, 9.17) is 27.9 Å². The number of hydrogen-bond donors (Lipinski definition) is 4. The molecule has 11 heteroatoms. The summed E-state index contributed by atoms with van der Waals surface area (Å²) in [6, 6.07) is 18.4. The first kappa shape index (κ1) is 28.1. The number of carbonyl (C=O) groups excluding carboxylic acids is 3. The van der Waals surface area contributed by atoms with Crippen molar-refractivity contribution in [1.29, 1.82) is 5.41 Å². The van der Waals surface area contributed by atoms with Crippen LogP contribution in [-0.4, -0.2) is 59.0 Å². The van der Waals surface area contributed by atoms with Crippen LogP contribution in [0.15, 0.2) is 79.0 Å². The summed E-state index contributed by atoms with van der Waals surface area (Å²) in [5.41, 5.74) is 7.99. The van der Waals surface area contributed by atoms with Crippen LogP contribution >= 0.6 is 11.6 Å². The van der Waals surface area contributed by atoms with Gasteiger partial charge >= 0.3 is 5.97 Å². The van der Waals surface area contributed by atoms with Gasteiger partial charge in [-0.2, -0.15) is 0 Å². The quantitative estimate of drug-likeness (QED) is 0.294. The number of carbonyl (C=O) groups is 4. The third-order valence-corrected chi connectivity index (χ3v) is 6.70. The Kier molecular flexibility index (Phi) is 8.60. The highest BCUT2D eigenvalue weighted by Crippen LogP contribution is 2.31. The number of nitrogens with two attached hydrogens (primary N) is 1. The predicted octanol–water partition coefficient (Wildman–Crippen LogP) is 3.41. The number of rotatable bonds is 9. The SMILES string of the molecule is N=CC(=CN)c1ccc(Cl)cc1N1CC(=O)N(C(Cc2ccccc2)C(=O)Nc2ccc(C(=O)O)cc2)CC1=O. The van der Waals surface area contributed by atoms with Crippen molar-refractivity contribution < 1.29 is 24.3 Å². The monoisotopic (exact) mass is 559 g/mol. The maximum atomic E-state index is 13.5. The highest BCUT2D eigenvalue weighted by molar-refractivity contribution is 6.31. The molecule has 0 bridgehead atoms. The van der Waals surface area contributed by atoms with Crippen molar-refractivity contribution in [2.75, 3.05) is 23.3 Å². The highest BCUT2D eigenvalue weighted by Gasteiger charge is 2.39. The van der Waals surface area contributed by atoms with E-state index in [0.29, 0.717) is 27.5 Å². The van der Waals surface area contributed by atoms with Crippen LogP contribution in [0.2, 0.25) is 5.02 Å². The summed E-state index contributed by atoms with van der Waals surface area (Å²) < 4.78 is 0. The van der Waals surface area contributed by atoms with Gasteiger partial charge in [-0.15, -0.1) is 0 Å². The minimum absolute atomic E-state index is 0.0618. The number of anilines is 2. The van der Waals surface area contributed by atoms with E-state index < -0.39 is 29.7 Å². The predicted molar refractivity (Wildman–Crippen MR) is 152 cm³/mol. The van der Waals surface area contributed by atoms with Crippen LogP contribution in [0.1, 0.15) is 21.5 Å². The summed E-state index contributed by atoms with van der Waals surface area (Å²) in [4.78, 5) is 54.1. The van der Waals surface area contributed by atoms with Crippen LogP contribution in [0.5, 0.6) is 0 Å². The number of benzene rings is 3. The average Bonchev–Trinajstić information content (AvgIpc) is 2.95. The Balaban J connectivity index is 1.63. The number of halogens is 1. The third-order valence-electron chi connectivity index (χ3n) is 6.47. The topological polar surface area (TPSA) is 157 Å². The smallest absolute Gasteiger partial charge is 0.335 e. The minimum atomic E-state index is -1.10. The van der Waals surface area contributed by atoms with Crippen LogP contribution in [0.3, 0.4) is 0 Å². The van der Waals surface area contributed by atoms with Crippen molar-refractivity contribution in [3.8, 4) is 0 Å². The van der Waals surface area contributed by atoms with Crippen LogP contribution in [0.4, 0.5) is 11.4 Å². The van der Waals surface area contributed by atoms with Gasteiger partial charge in [-0.05, 0) is 42.0 Å². The van der Waals surface area contributed by atoms with E-state index in [-0.39, 0.29) is 25.1 Å². The van der Waals surface area contributed by atoms with E-state index in [0.717, 1.165) is 11.8 Å². The normalized spacial score (nSPS) is 14.6. The highest BCUT2D eigenvalue weighted by atomic mass is 35.5. The molecule has 1 atom stereocenters. The van der Waals surface area contributed by atoms with Gasteiger partial charge < -0.3 is 31.4 Å². The molecule has 3 aromatic rings. The molecule has 1 aliphatic rings. The lowest BCUT2D eigenvalue weighted by molar-refractivity contribution is -0.143. The van der Waals surface area contributed by atoms with Crippen LogP contribution in [0, 0.1) is 5.41 Å². The molecular formula is C29H26ClN5O5. The van der Waals surface area contributed by atoms with Crippen molar-refractivity contribution in [2.24, 2.45) is 5.73 Å². The molecule has 40 heavy (non-hydrogen) atoms. The molecule has 1 fully saturated rings. The first-order chi connectivity index (χ1) is 19.2. The van der Waals surface area contributed by atoms with Crippen molar-refractivity contribution in [2.45, 2.75) is 12.5 Å². The lowest BCUT2D eigenvalue weighted by Gasteiger charge is -2.38. The Morgan fingerprint density at radius 3 is 2.35 bits per heavy atom. The second-order valence-electron chi connectivity index (χ2n) is 9.01. The number of hydrogen-bond acceptors (Lipinski definition) is 6. The van der Waals surface area contributed by atoms with Crippen molar-refractivity contribution in [3.05, 3.63) is 101 Å². The van der Waals surface area contributed by atoms with Gasteiger partial charge in [0, 0.05) is 40.7 Å². The van der Waals surface area contributed by atoms with Crippen molar-refractivity contribution in [1.82, 2.24) is 4.90 Å². The summed E-state index contributed by atoms with van der Waals surface area (Å²) >= 11 is 6.20. The summed E-state index contributed by atoms with van der Waals surface area (Å²) in [7, 11) is 0. The van der Waals surface area contributed by atoms with Gasteiger partial charge in [0.1, 0.15) is 19.1 Å². The Hall–Kier alpha value is -4.96. The summed E-state index contributed by atoms with van der Waals surface area (Å²) in [6.45, 7) is -0.728. The molecule has 10 nitrogen and oxygen atoms in total. The number of carboxylic acid groups (broad SMARTS) is 1. The molecule has 3 aromatic carbocycles. The van der Waals surface area contributed by atoms with E-state index in [1.54, 1.807) is 12.1 Å². The fourth-order valence-electron chi connectivity index (χ4n) is 4.43. The molecule has 1 unspecified atom stereocenters. The zero-order chi connectivity index (χ0) is 28.8. The summed E-state index contributed by atoms with van der Waals surface area (Å²) in [5, 5.41) is 19.9. The van der Waals surface area contributed by atoms with Gasteiger partial charge in [0.05, 0.1) is 11.3 Å². The first-order valence-electron chi connectivity index (χ1n) is 12.2. The van der Waals surface area contributed by atoms with Crippen molar-refractivity contribution in [3.63, 3.8) is 0 Å². The molecule has 0 spiro atoms. The van der Waals surface area contributed by atoms with Crippen LogP contribution in [0.25, 0.3) is 5.57 Å². The average molecular weight is 560 g/mol. The Bertz CT molecular complexity index is 1490. The Morgan fingerprint density at radius 1 is 1.02 bits per heavy atom. The molecule has 3 amide bonds. The largest absolute Gasteiger partial charge is 0.478 e. The van der Waals surface area contributed by atoms with Gasteiger partial charge in [0.15, 0.2) is 0 Å². The first-order valence-corrected chi connectivity index (χ1v) is 12.6. The molecule has 0 aromatic heterocycles. The van der Waals surface area contributed by atoms with Crippen LogP contribution < -0.4 is 16.0 Å². The lowest BCUT2D eigenvalue weighted by Crippen LogP contribution is -2.60. The second kappa shape index (κ2) is 12.3. The fraction of sp³-hybridized carbons (Fsp3) is 0.138. The lowest BCUT2D eigenvalue weighted by atomic mass is 10.0. The zero-order valence-corrected chi connectivity index (χ0v) is 22.0. The molecule has 5 N–H and O–H groups in total. The molecule has 0 radical (unpaired) electrons.